The minimum Gasteiger partial charge on any atom is -0.390 e. The van der Waals surface area contributed by atoms with Crippen LogP contribution in [0.1, 0.15) is 46.0 Å². The average Bonchev–Trinajstić information content (AvgIpc) is 2.93. The van der Waals surface area contributed by atoms with Crippen molar-refractivity contribution in [2.45, 2.75) is 58.2 Å². The highest BCUT2D eigenvalue weighted by molar-refractivity contribution is 4.86. The van der Waals surface area contributed by atoms with E-state index in [1.807, 2.05) is 6.92 Å². The van der Waals surface area contributed by atoms with Gasteiger partial charge in [0.1, 0.15) is 0 Å². The van der Waals surface area contributed by atoms with E-state index in [1.54, 1.807) is 0 Å². The van der Waals surface area contributed by atoms with Crippen LogP contribution in [0.25, 0.3) is 0 Å². The van der Waals surface area contributed by atoms with Crippen LogP contribution in [0.3, 0.4) is 0 Å². The van der Waals surface area contributed by atoms with Crippen LogP contribution in [0.15, 0.2) is 0 Å². The predicted octanol–water partition coefficient (Wildman–Crippen LogP) is 2.35. The lowest BCUT2D eigenvalue weighted by Crippen LogP contribution is -2.31. The quantitative estimate of drug-likeness (QED) is 0.661. The molecular formula is C11H22O2. The smallest absolute Gasteiger partial charge is 0.0861 e. The van der Waals surface area contributed by atoms with E-state index in [9.17, 15) is 5.11 Å². The van der Waals surface area contributed by atoms with Gasteiger partial charge in [0.05, 0.1) is 12.2 Å². The summed E-state index contributed by atoms with van der Waals surface area (Å²) in [5.74, 6) is 0.645. The number of rotatable bonds is 7. The third-order valence-corrected chi connectivity index (χ3v) is 2.68. The number of ether oxygens (including phenoxy) is 1. The molecule has 13 heavy (non-hydrogen) atoms. The zero-order valence-corrected chi connectivity index (χ0v) is 8.83. The van der Waals surface area contributed by atoms with E-state index < -0.39 is 0 Å². The standard InChI is InChI=1S/C11H22O2/c1-3-5-6-10(12)11(13-4-2)9-7-8-9/h9-12H,3-8H2,1-2H3. The van der Waals surface area contributed by atoms with Crippen LogP contribution in [0.5, 0.6) is 0 Å². The van der Waals surface area contributed by atoms with Crippen LogP contribution in [-0.4, -0.2) is 23.9 Å². The molecule has 1 aliphatic rings. The Hall–Kier alpha value is -0.0800. The molecule has 1 rings (SSSR count). The van der Waals surface area contributed by atoms with Crippen LogP contribution < -0.4 is 0 Å². The predicted molar refractivity (Wildman–Crippen MR) is 53.7 cm³/mol. The molecule has 1 saturated carbocycles. The van der Waals surface area contributed by atoms with Gasteiger partial charge in [0.25, 0.3) is 0 Å². The second kappa shape index (κ2) is 5.61. The van der Waals surface area contributed by atoms with Gasteiger partial charge in [-0.05, 0) is 32.1 Å². The zero-order valence-electron chi connectivity index (χ0n) is 8.83. The van der Waals surface area contributed by atoms with Crippen LogP contribution in [0.2, 0.25) is 0 Å². The summed E-state index contributed by atoms with van der Waals surface area (Å²) in [5, 5.41) is 9.86. The van der Waals surface area contributed by atoms with E-state index in [1.165, 1.54) is 12.8 Å². The topological polar surface area (TPSA) is 29.5 Å². The minimum atomic E-state index is -0.229. The first-order chi connectivity index (χ1) is 6.29. The lowest BCUT2D eigenvalue weighted by molar-refractivity contribution is -0.0481. The molecule has 1 aliphatic carbocycles. The third kappa shape index (κ3) is 3.65. The van der Waals surface area contributed by atoms with Crippen molar-refractivity contribution in [3.8, 4) is 0 Å². The highest BCUT2D eigenvalue weighted by Crippen LogP contribution is 2.36. The van der Waals surface area contributed by atoms with Crippen molar-refractivity contribution >= 4 is 0 Å². The summed E-state index contributed by atoms with van der Waals surface area (Å²) in [5.41, 5.74) is 0. The Balaban J connectivity index is 2.25. The molecule has 0 aromatic heterocycles. The van der Waals surface area contributed by atoms with Crippen LogP contribution >= 0.6 is 0 Å². The van der Waals surface area contributed by atoms with Crippen molar-refractivity contribution in [1.82, 2.24) is 0 Å². The Labute approximate surface area is 81.3 Å². The van der Waals surface area contributed by atoms with Crippen LogP contribution in [0, 0.1) is 5.92 Å². The highest BCUT2D eigenvalue weighted by atomic mass is 16.5. The Bertz CT molecular complexity index is 132. The SMILES string of the molecule is CCCCC(O)C(OCC)C1CC1. The molecule has 2 atom stereocenters. The first-order valence-corrected chi connectivity index (χ1v) is 5.59. The summed E-state index contributed by atoms with van der Waals surface area (Å²) in [6.07, 6.45) is 5.54. The maximum absolute atomic E-state index is 9.86. The molecule has 0 amide bonds. The van der Waals surface area contributed by atoms with Crippen LogP contribution in [-0.2, 0) is 4.74 Å². The van der Waals surface area contributed by atoms with Gasteiger partial charge in [-0.25, -0.2) is 0 Å². The van der Waals surface area contributed by atoms with Gasteiger partial charge in [-0.2, -0.15) is 0 Å². The molecule has 1 N–H and O–H groups in total. The maximum atomic E-state index is 9.86. The summed E-state index contributed by atoms with van der Waals surface area (Å²) in [6, 6.07) is 0. The van der Waals surface area contributed by atoms with Crippen molar-refractivity contribution in [3.63, 3.8) is 0 Å². The summed E-state index contributed by atoms with van der Waals surface area (Å²) < 4.78 is 5.57. The molecule has 0 aromatic carbocycles. The lowest BCUT2D eigenvalue weighted by Gasteiger charge is -2.22. The first kappa shape index (κ1) is 11.0. The molecule has 2 heteroatoms. The fourth-order valence-electron chi connectivity index (χ4n) is 1.76. The summed E-state index contributed by atoms with van der Waals surface area (Å²) in [4.78, 5) is 0. The van der Waals surface area contributed by atoms with Gasteiger partial charge in [0.15, 0.2) is 0 Å². The molecule has 2 unspecified atom stereocenters. The monoisotopic (exact) mass is 186 g/mol. The first-order valence-electron chi connectivity index (χ1n) is 5.59. The van der Waals surface area contributed by atoms with E-state index in [0.29, 0.717) is 5.92 Å². The molecule has 0 saturated heterocycles. The van der Waals surface area contributed by atoms with E-state index in [4.69, 9.17) is 4.74 Å². The number of unbranched alkanes of at least 4 members (excludes halogenated alkanes) is 1. The second-order valence-corrected chi connectivity index (χ2v) is 3.97. The largest absolute Gasteiger partial charge is 0.390 e. The summed E-state index contributed by atoms with van der Waals surface area (Å²) in [6.45, 7) is 4.88. The van der Waals surface area contributed by atoms with Crippen molar-refractivity contribution in [2.75, 3.05) is 6.61 Å². The molecular weight excluding hydrogens is 164 g/mol. The van der Waals surface area contributed by atoms with Gasteiger partial charge in [0.2, 0.25) is 0 Å². The van der Waals surface area contributed by atoms with Gasteiger partial charge in [-0.15, -0.1) is 0 Å². The Kier molecular flexibility index (Phi) is 4.74. The molecule has 0 aromatic rings. The Morgan fingerprint density at radius 1 is 1.38 bits per heavy atom. The van der Waals surface area contributed by atoms with E-state index in [2.05, 4.69) is 6.92 Å². The van der Waals surface area contributed by atoms with Gasteiger partial charge in [-0.1, -0.05) is 19.8 Å². The van der Waals surface area contributed by atoms with Crippen LogP contribution in [0.4, 0.5) is 0 Å². The number of hydrogen-bond acceptors (Lipinski definition) is 2. The van der Waals surface area contributed by atoms with Crippen molar-refractivity contribution in [3.05, 3.63) is 0 Å². The minimum absolute atomic E-state index is 0.122. The van der Waals surface area contributed by atoms with Crippen molar-refractivity contribution < 1.29 is 9.84 Å². The Morgan fingerprint density at radius 3 is 2.54 bits per heavy atom. The van der Waals surface area contributed by atoms with Gasteiger partial charge in [-0.3, -0.25) is 0 Å². The van der Waals surface area contributed by atoms with Gasteiger partial charge in [0, 0.05) is 6.61 Å². The fourth-order valence-corrected chi connectivity index (χ4v) is 1.76. The van der Waals surface area contributed by atoms with Crippen molar-refractivity contribution in [2.24, 2.45) is 5.92 Å². The third-order valence-electron chi connectivity index (χ3n) is 2.68. The summed E-state index contributed by atoms with van der Waals surface area (Å²) in [7, 11) is 0. The van der Waals surface area contributed by atoms with Gasteiger partial charge >= 0.3 is 0 Å². The maximum Gasteiger partial charge on any atom is 0.0861 e. The molecule has 1 fully saturated rings. The Morgan fingerprint density at radius 2 is 2.08 bits per heavy atom. The zero-order chi connectivity index (χ0) is 9.68. The van der Waals surface area contributed by atoms with Gasteiger partial charge < -0.3 is 9.84 Å². The molecule has 0 aliphatic heterocycles. The number of aliphatic hydroxyl groups excluding tert-OH is 1. The van der Waals surface area contributed by atoms with E-state index >= 15 is 0 Å². The van der Waals surface area contributed by atoms with E-state index in [-0.39, 0.29) is 12.2 Å². The second-order valence-electron chi connectivity index (χ2n) is 3.97. The lowest BCUT2D eigenvalue weighted by atomic mass is 10.0. The molecule has 2 nitrogen and oxygen atoms in total. The molecule has 78 valence electrons. The average molecular weight is 186 g/mol. The fraction of sp³-hybridized carbons (Fsp3) is 1.00. The number of hydrogen-bond donors (Lipinski definition) is 1. The molecule has 0 spiro atoms. The van der Waals surface area contributed by atoms with E-state index in [0.717, 1.165) is 25.9 Å². The molecule has 0 radical (unpaired) electrons. The summed E-state index contributed by atoms with van der Waals surface area (Å²) >= 11 is 0. The number of aliphatic hydroxyl groups is 1. The molecule has 0 heterocycles. The molecule has 0 bridgehead atoms. The van der Waals surface area contributed by atoms with Crippen molar-refractivity contribution in [1.29, 1.82) is 0 Å². The highest BCUT2D eigenvalue weighted by Gasteiger charge is 2.35. The normalized spacial score (nSPS) is 21.5.